The van der Waals surface area contributed by atoms with Crippen molar-refractivity contribution in [1.29, 1.82) is 0 Å². The summed E-state index contributed by atoms with van der Waals surface area (Å²) in [6.07, 6.45) is 0. The lowest BCUT2D eigenvalue weighted by Gasteiger charge is -2.18. The number of hydrogen-bond acceptors (Lipinski definition) is 2. The van der Waals surface area contributed by atoms with Crippen molar-refractivity contribution in [3.05, 3.63) is 71.2 Å². The zero-order valence-corrected chi connectivity index (χ0v) is 12.4. The van der Waals surface area contributed by atoms with Crippen LogP contribution in [0.5, 0.6) is 5.75 Å². The zero-order chi connectivity index (χ0) is 14.8. The number of rotatable bonds is 3. The monoisotopic (exact) mass is 297 g/mol. The van der Waals surface area contributed by atoms with E-state index in [1.807, 2.05) is 31.2 Å². The molecule has 0 unspecified atom stereocenters. The number of nitrogens with one attached hydrogen (secondary N) is 1. The van der Waals surface area contributed by atoms with Crippen LogP contribution in [0.15, 0.2) is 60.7 Å². The lowest BCUT2D eigenvalue weighted by Crippen LogP contribution is -2.07. The minimum atomic E-state index is -0.0468. The van der Waals surface area contributed by atoms with Crippen LogP contribution in [0.4, 0.5) is 5.69 Å². The van der Waals surface area contributed by atoms with Gasteiger partial charge in [-0.05, 0) is 36.6 Å². The highest BCUT2D eigenvalue weighted by Crippen LogP contribution is 2.31. The number of phenolic OH excluding ortho intramolecular Hbond substituents is 1. The highest BCUT2D eigenvalue weighted by molar-refractivity contribution is 6.30. The lowest BCUT2D eigenvalue weighted by molar-refractivity contribution is 0.465. The standard InChI is InChI=1S/C18H16ClNO/c1-12(16-11-14(19)9-10-18(16)21)20-17-8-4-6-13-5-2-3-7-15(13)17/h2-12,20-21H,1H3/t12-/m1/s1. The van der Waals surface area contributed by atoms with Gasteiger partial charge in [0.2, 0.25) is 0 Å². The zero-order valence-electron chi connectivity index (χ0n) is 11.7. The summed E-state index contributed by atoms with van der Waals surface area (Å²) in [6, 6.07) is 19.4. The lowest BCUT2D eigenvalue weighted by atomic mass is 10.0. The van der Waals surface area contributed by atoms with Gasteiger partial charge in [0.05, 0.1) is 6.04 Å². The van der Waals surface area contributed by atoms with Crippen LogP contribution in [0.1, 0.15) is 18.5 Å². The number of benzene rings is 3. The molecular formula is C18H16ClNO. The molecule has 3 aromatic rings. The van der Waals surface area contributed by atoms with E-state index in [-0.39, 0.29) is 11.8 Å². The first kappa shape index (κ1) is 13.8. The topological polar surface area (TPSA) is 32.3 Å². The Morgan fingerprint density at radius 2 is 1.76 bits per heavy atom. The molecule has 0 fully saturated rings. The van der Waals surface area contributed by atoms with Crippen LogP contribution in [-0.2, 0) is 0 Å². The molecule has 0 heterocycles. The summed E-state index contributed by atoms with van der Waals surface area (Å²) in [7, 11) is 0. The fourth-order valence-corrected chi connectivity index (χ4v) is 2.72. The van der Waals surface area contributed by atoms with E-state index in [1.165, 1.54) is 5.39 Å². The van der Waals surface area contributed by atoms with E-state index in [0.717, 1.165) is 16.6 Å². The molecule has 3 heteroatoms. The second-order valence-electron chi connectivity index (χ2n) is 5.10. The molecule has 21 heavy (non-hydrogen) atoms. The molecule has 2 N–H and O–H groups in total. The van der Waals surface area contributed by atoms with Crippen molar-refractivity contribution in [2.45, 2.75) is 13.0 Å². The summed E-state index contributed by atoms with van der Waals surface area (Å²) >= 11 is 6.02. The van der Waals surface area contributed by atoms with Crippen molar-refractivity contribution in [1.82, 2.24) is 0 Å². The first-order valence-corrected chi connectivity index (χ1v) is 7.25. The third kappa shape index (κ3) is 2.81. The average molecular weight is 298 g/mol. The summed E-state index contributed by atoms with van der Waals surface area (Å²) in [6.45, 7) is 2.01. The molecule has 3 rings (SSSR count). The maximum absolute atomic E-state index is 10.00. The molecule has 0 aliphatic heterocycles. The first-order chi connectivity index (χ1) is 10.1. The van der Waals surface area contributed by atoms with Crippen LogP contribution >= 0.6 is 11.6 Å². The molecule has 0 bridgehead atoms. The second kappa shape index (κ2) is 5.66. The van der Waals surface area contributed by atoms with Gasteiger partial charge in [-0.15, -0.1) is 0 Å². The number of anilines is 1. The Labute approximate surface area is 129 Å². The number of aromatic hydroxyl groups is 1. The van der Waals surface area contributed by atoms with Crippen LogP contribution in [0.25, 0.3) is 10.8 Å². The quantitative estimate of drug-likeness (QED) is 0.681. The predicted octanol–water partition coefficient (Wildman–Crippen LogP) is 5.37. The van der Waals surface area contributed by atoms with E-state index in [9.17, 15) is 5.11 Å². The molecule has 0 amide bonds. The summed E-state index contributed by atoms with van der Waals surface area (Å²) in [4.78, 5) is 0. The number of halogens is 1. The Bertz CT molecular complexity index is 780. The van der Waals surface area contributed by atoms with Crippen LogP contribution in [0.3, 0.4) is 0 Å². The van der Waals surface area contributed by atoms with Gasteiger partial charge in [-0.25, -0.2) is 0 Å². The van der Waals surface area contributed by atoms with E-state index in [0.29, 0.717) is 5.02 Å². The maximum atomic E-state index is 10.00. The average Bonchev–Trinajstić information content (AvgIpc) is 2.50. The summed E-state index contributed by atoms with van der Waals surface area (Å²) in [5.41, 5.74) is 1.83. The highest BCUT2D eigenvalue weighted by Gasteiger charge is 2.12. The molecular weight excluding hydrogens is 282 g/mol. The van der Waals surface area contributed by atoms with E-state index in [2.05, 4.69) is 23.5 Å². The van der Waals surface area contributed by atoms with Gasteiger partial charge in [-0.1, -0.05) is 48.0 Å². The molecule has 0 aliphatic rings. The molecule has 0 radical (unpaired) electrons. The van der Waals surface area contributed by atoms with Gasteiger partial charge < -0.3 is 10.4 Å². The SMILES string of the molecule is C[C@@H](Nc1cccc2ccccc12)c1cc(Cl)ccc1O. The van der Waals surface area contributed by atoms with Crippen molar-refractivity contribution >= 4 is 28.1 Å². The Hall–Kier alpha value is -2.19. The Morgan fingerprint density at radius 3 is 2.62 bits per heavy atom. The Kier molecular flexibility index (Phi) is 3.72. The van der Waals surface area contributed by atoms with Crippen molar-refractivity contribution in [2.24, 2.45) is 0 Å². The summed E-state index contributed by atoms with van der Waals surface area (Å²) < 4.78 is 0. The van der Waals surface area contributed by atoms with E-state index < -0.39 is 0 Å². The smallest absolute Gasteiger partial charge is 0.120 e. The molecule has 0 saturated heterocycles. The van der Waals surface area contributed by atoms with Crippen molar-refractivity contribution < 1.29 is 5.11 Å². The van der Waals surface area contributed by atoms with Gasteiger partial charge in [0.1, 0.15) is 5.75 Å². The van der Waals surface area contributed by atoms with Gasteiger partial charge in [-0.3, -0.25) is 0 Å². The fourth-order valence-electron chi connectivity index (χ4n) is 2.53. The molecule has 0 saturated carbocycles. The van der Waals surface area contributed by atoms with E-state index >= 15 is 0 Å². The number of phenols is 1. The number of fused-ring (bicyclic) bond motifs is 1. The Balaban J connectivity index is 1.96. The molecule has 0 aromatic heterocycles. The minimum absolute atomic E-state index is 0.0468. The third-order valence-corrected chi connectivity index (χ3v) is 3.85. The first-order valence-electron chi connectivity index (χ1n) is 6.88. The van der Waals surface area contributed by atoms with Crippen molar-refractivity contribution in [3.8, 4) is 5.75 Å². The molecule has 106 valence electrons. The summed E-state index contributed by atoms with van der Waals surface area (Å²) in [5.74, 6) is 0.250. The van der Waals surface area contributed by atoms with Gasteiger partial charge in [0.25, 0.3) is 0 Å². The highest BCUT2D eigenvalue weighted by atomic mass is 35.5. The third-order valence-electron chi connectivity index (χ3n) is 3.62. The maximum Gasteiger partial charge on any atom is 0.120 e. The van der Waals surface area contributed by atoms with Crippen molar-refractivity contribution in [2.75, 3.05) is 5.32 Å². The molecule has 0 aliphatic carbocycles. The van der Waals surface area contributed by atoms with Gasteiger partial charge in [0, 0.05) is 21.7 Å². The fraction of sp³-hybridized carbons (Fsp3) is 0.111. The molecule has 0 spiro atoms. The van der Waals surface area contributed by atoms with Gasteiger partial charge in [0.15, 0.2) is 0 Å². The van der Waals surface area contributed by atoms with Crippen LogP contribution in [0, 0.1) is 0 Å². The van der Waals surface area contributed by atoms with E-state index in [1.54, 1.807) is 18.2 Å². The predicted molar refractivity (Wildman–Crippen MR) is 89.1 cm³/mol. The van der Waals surface area contributed by atoms with Gasteiger partial charge in [-0.2, -0.15) is 0 Å². The normalized spacial score (nSPS) is 12.3. The summed E-state index contributed by atoms with van der Waals surface area (Å²) in [5, 5.41) is 16.4. The Morgan fingerprint density at radius 1 is 1.00 bits per heavy atom. The van der Waals surface area contributed by atoms with Crippen LogP contribution in [-0.4, -0.2) is 5.11 Å². The van der Waals surface area contributed by atoms with Crippen LogP contribution in [0.2, 0.25) is 5.02 Å². The molecule has 2 nitrogen and oxygen atoms in total. The number of hydrogen-bond donors (Lipinski definition) is 2. The molecule has 1 atom stereocenters. The largest absolute Gasteiger partial charge is 0.508 e. The van der Waals surface area contributed by atoms with E-state index in [4.69, 9.17) is 11.6 Å². The second-order valence-corrected chi connectivity index (χ2v) is 5.53. The molecule has 3 aromatic carbocycles. The van der Waals surface area contributed by atoms with Crippen molar-refractivity contribution in [3.63, 3.8) is 0 Å². The van der Waals surface area contributed by atoms with Crippen LogP contribution < -0.4 is 5.32 Å². The van der Waals surface area contributed by atoms with Gasteiger partial charge >= 0.3 is 0 Å². The minimum Gasteiger partial charge on any atom is -0.508 e.